The standard InChI is InChI=1S/C24H33N5O2/c25-23(26)19-2-6-21(7-3-19)30-16-1-13-29-14-10-18(11-15-29)12-17-31-22-8-4-20(5-9-22)24(27)28/h2-9,18H,1,10-17H2,(H3,25,26)(H3,27,28). The van der Waals surface area contributed by atoms with Crippen molar-refractivity contribution in [1.29, 1.82) is 10.8 Å². The molecule has 6 N–H and O–H groups in total. The lowest BCUT2D eigenvalue weighted by Crippen LogP contribution is -2.35. The van der Waals surface area contributed by atoms with Gasteiger partial charge in [0, 0.05) is 17.7 Å². The molecule has 1 fully saturated rings. The van der Waals surface area contributed by atoms with Crippen LogP contribution in [0.5, 0.6) is 11.5 Å². The van der Waals surface area contributed by atoms with Crippen molar-refractivity contribution in [2.24, 2.45) is 17.4 Å². The number of benzene rings is 2. The Morgan fingerprint density at radius 2 is 1.29 bits per heavy atom. The van der Waals surface area contributed by atoms with E-state index in [1.54, 1.807) is 0 Å². The van der Waals surface area contributed by atoms with Crippen LogP contribution in [0.25, 0.3) is 0 Å². The summed E-state index contributed by atoms with van der Waals surface area (Å²) in [7, 11) is 0. The fourth-order valence-corrected chi connectivity index (χ4v) is 3.78. The predicted molar refractivity (Wildman–Crippen MR) is 124 cm³/mol. The molecule has 7 nitrogen and oxygen atoms in total. The van der Waals surface area contributed by atoms with E-state index in [9.17, 15) is 0 Å². The van der Waals surface area contributed by atoms with Gasteiger partial charge in [-0.1, -0.05) is 0 Å². The van der Waals surface area contributed by atoms with Gasteiger partial charge in [0.15, 0.2) is 0 Å². The molecule has 0 aromatic heterocycles. The maximum Gasteiger partial charge on any atom is 0.122 e. The number of ether oxygens (including phenoxy) is 2. The summed E-state index contributed by atoms with van der Waals surface area (Å²) < 4.78 is 11.6. The molecule has 0 radical (unpaired) electrons. The van der Waals surface area contributed by atoms with Gasteiger partial charge in [-0.05, 0) is 93.2 Å². The van der Waals surface area contributed by atoms with Gasteiger partial charge in [-0.3, -0.25) is 10.8 Å². The quantitative estimate of drug-likeness (QED) is 0.251. The average molecular weight is 424 g/mol. The van der Waals surface area contributed by atoms with Gasteiger partial charge in [-0.2, -0.15) is 0 Å². The summed E-state index contributed by atoms with van der Waals surface area (Å²) >= 11 is 0. The van der Waals surface area contributed by atoms with Gasteiger partial charge in [-0.25, -0.2) is 0 Å². The number of rotatable bonds is 11. The Balaban J connectivity index is 1.26. The Hall–Kier alpha value is -3.06. The number of hydrogen-bond donors (Lipinski definition) is 4. The van der Waals surface area contributed by atoms with E-state index < -0.39 is 0 Å². The lowest BCUT2D eigenvalue weighted by atomic mass is 9.94. The van der Waals surface area contributed by atoms with Gasteiger partial charge in [0.1, 0.15) is 23.2 Å². The average Bonchev–Trinajstić information content (AvgIpc) is 2.78. The van der Waals surface area contributed by atoms with Crippen molar-refractivity contribution in [3.05, 3.63) is 59.7 Å². The molecule has 1 aliphatic rings. The van der Waals surface area contributed by atoms with Crippen molar-refractivity contribution >= 4 is 11.7 Å². The number of nitrogen functional groups attached to an aromatic ring is 2. The molecule has 0 unspecified atom stereocenters. The Kier molecular flexibility index (Phi) is 8.29. The molecule has 0 atom stereocenters. The van der Waals surface area contributed by atoms with E-state index in [4.69, 9.17) is 31.8 Å². The Morgan fingerprint density at radius 3 is 1.77 bits per heavy atom. The first-order valence-electron chi connectivity index (χ1n) is 10.9. The minimum atomic E-state index is 0.0739. The van der Waals surface area contributed by atoms with Gasteiger partial charge in [-0.15, -0.1) is 0 Å². The molecular formula is C24H33N5O2. The molecule has 166 valence electrons. The smallest absolute Gasteiger partial charge is 0.122 e. The zero-order chi connectivity index (χ0) is 22.1. The number of nitrogens with two attached hydrogens (primary N) is 2. The summed E-state index contributed by atoms with van der Waals surface area (Å²) in [6, 6.07) is 14.7. The van der Waals surface area contributed by atoms with Gasteiger partial charge in [0.05, 0.1) is 13.2 Å². The zero-order valence-corrected chi connectivity index (χ0v) is 18.0. The minimum Gasteiger partial charge on any atom is -0.494 e. The van der Waals surface area contributed by atoms with Crippen molar-refractivity contribution in [3.63, 3.8) is 0 Å². The first kappa shape index (κ1) is 22.6. The van der Waals surface area contributed by atoms with Crippen LogP contribution in [0.4, 0.5) is 0 Å². The second kappa shape index (κ2) is 11.4. The molecule has 1 saturated heterocycles. The van der Waals surface area contributed by atoms with E-state index in [2.05, 4.69) is 4.90 Å². The predicted octanol–water partition coefficient (Wildman–Crippen LogP) is 3.20. The summed E-state index contributed by atoms with van der Waals surface area (Å²) in [6.45, 7) is 4.73. The molecule has 1 aliphatic heterocycles. The molecule has 0 aliphatic carbocycles. The monoisotopic (exact) mass is 423 g/mol. The van der Waals surface area contributed by atoms with Crippen molar-refractivity contribution in [3.8, 4) is 11.5 Å². The molecule has 1 heterocycles. The van der Waals surface area contributed by atoms with Gasteiger partial charge in [0.25, 0.3) is 0 Å². The van der Waals surface area contributed by atoms with E-state index in [1.165, 1.54) is 12.8 Å². The van der Waals surface area contributed by atoms with Crippen molar-refractivity contribution < 1.29 is 9.47 Å². The largest absolute Gasteiger partial charge is 0.494 e. The third-order valence-electron chi connectivity index (χ3n) is 5.72. The second-order valence-electron chi connectivity index (χ2n) is 8.00. The van der Waals surface area contributed by atoms with E-state index >= 15 is 0 Å². The first-order valence-corrected chi connectivity index (χ1v) is 10.9. The molecule has 0 amide bonds. The number of amidine groups is 2. The van der Waals surface area contributed by atoms with Crippen LogP contribution in [0, 0.1) is 16.7 Å². The van der Waals surface area contributed by atoms with E-state index in [-0.39, 0.29) is 11.7 Å². The first-order chi connectivity index (χ1) is 15.0. The van der Waals surface area contributed by atoms with Crippen molar-refractivity contribution in [2.75, 3.05) is 32.8 Å². The highest BCUT2D eigenvalue weighted by molar-refractivity contribution is 5.95. The fraction of sp³-hybridized carbons (Fsp3) is 0.417. The van der Waals surface area contributed by atoms with E-state index in [1.807, 2.05) is 48.5 Å². The normalized spacial score (nSPS) is 14.8. The van der Waals surface area contributed by atoms with Crippen LogP contribution in [0.3, 0.4) is 0 Å². The lowest BCUT2D eigenvalue weighted by Gasteiger charge is -2.31. The van der Waals surface area contributed by atoms with Crippen LogP contribution in [-0.4, -0.2) is 49.4 Å². The van der Waals surface area contributed by atoms with Crippen molar-refractivity contribution in [1.82, 2.24) is 4.90 Å². The third-order valence-corrected chi connectivity index (χ3v) is 5.72. The van der Waals surface area contributed by atoms with Crippen LogP contribution in [0.2, 0.25) is 0 Å². The van der Waals surface area contributed by atoms with Crippen LogP contribution >= 0.6 is 0 Å². The highest BCUT2D eigenvalue weighted by atomic mass is 16.5. The molecule has 0 bridgehead atoms. The third kappa shape index (κ3) is 7.29. The number of piperidine rings is 1. The highest BCUT2D eigenvalue weighted by Crippen LogP contribution is 2.21. The highest BCUT2D eigenvalue weighted by Gasteiger charge is 2.18. The summed E-state index contributed by atoms with van der Waals surface area (Å²) in [6.07, 6.45) is 4.49. The topological polar surface area (TPSA) is 121 Å². The van der Waals surface area contributed by atoms with Crippen LogP contribution in [-0.2, 0) is 0 Å². The Morgan fingerprint density at radius 1 is 0.806 bits per heavy atom. The molecule has 2 aromatic rings. The summed E-state index contributed by atoms with van der Waals surface area (Å²) in [5, 5.41) is 14.8. The number of hydrogen-bond acceptors (Lipinski definition) is 5. The maximum atomic E-state index is 7.42. The number of nitrogens with zero attached hydrogens (tertiary/aromatic N) is 1. The van der Waals surface area contributed by atoms with Gasteiger partial charge < -0.3 is 25.8 Å². The van der Waals surface area contributed by atoms with Crippen LogP contribution in [0.15, 0.2) is 48.5 Å². The van der Waals surface area contributed by atoms with Crippen LogP contribution in [0.1, 0.15) is 36.8 Å². The molecule has 2 aromatic carbocycles. The van der Waals surface area contributed by atoms with Gasteiger partial charge >= 0.3 is 0 Å². The Bertz CT molecular complexity index is 843. The summed E-state index contributed by atoms with van der Waals surface area (Å²) in [5.74, 6) is 2.51. The minimum absolute atomic E-state index is 0.0739. The Labute approximate surface area is 184 Å². The van der Waals surface area contributed by atoms with E-state index in [0.717, 1.165) is 56.1 Å². The molecular weight excluding hydrogens is 390 g/mol. The van der Waals surface area contributed by atoms with Gasteiger partial charge in [0.2, 0.25) is 0 Å². The SMILES string of the molecule is N=C(N)c1ccc(OCCCN2CCC(CCOc3ccc(C(=N)N)cc3)CC2)cc1. The maximum absolute atomic E-state index is 7.42. The molecule has 31 heavy (non-hydrogen) atoms. The summed E-state index contributed by atoms with van der Waals surface area (Å²) in [4.78, 5) is 2.51. The molecule has 3 rings (SSSR count). The second-order valence-corrected chi connectivity index (χ2v) is 8.00. The fourth-order valence-electron chi connectivity index (χ4n) is 3.78. The molecule has 7 heteroatoms. The zero-order valence-electron chi connectivity index (χ0n) is 18.0. The lowest BCUT2D eigenvalue weighted by molar-refractivity contribution is 0.154. The van der Waals surface area contributed by atoms with Crippen molar-refractivity contribution in [2.45, 2.75) is 25.7 Å². The van der Waals surface area contributed by atoms with E-state index in [0.29, 0.717) is 18.1 Å². The summed E-state index contributed by atoms with van der Waals surface area (Å²) in [5.41, 5.74) is 12.4. The number of likely N-dealkylation sites (tertiary alicyclic amines) is 1. The molecule has 0 spiro atoms. The van der Waals surface area contributed by atoms with Crippen LogP contribution < -0.4 is 20.9 Å². The number of nitrogens with one attached hydrogen (secondary N) is 2. The molecule has 0 saturated carbocycles.